The molecule has 1 aliphatic heterocycles. The van der Waals surface area contributed by atoms with Crippen LogP contribution in [0.15, 0.2) is 18.2 Å². The van der Waals surface area contributed by atoms with Crippen molar-refractivity contribution in [3.05, 3.63) is 33.3 Å². The van der Waals surface area contributed by atoms with Crippen molar-refractivity contribution < 1.29 is 4.92 Å². The lowest BCUT2D eigenvalue weighted by molar-refractivity contribution is -0.384. The zero-order valence-corrected chi connectivity index (χ0v) is 11.3. The highest BCUT2D eigenvalue weighted by molar-refractivity contribution is 8.00. The minimum atomic E-state index is -0.387. The minimum absolute atomic E-state index is 0.0615. The number of benzene rings is 1. The Morgan fingerprint density at radius 1 is 1.44 bits per heavy atom. The maximum absolute atomic E-state index is 11.0. The molecule has 3 rings (SSSR count). The Morgan fingerprint density at radius 3 is 2.72 bits per heavy atom. The third kappa shape index (κ3) is 2.06. The van der Waals surface area contributed by atoms with Gasteiger partial charge in [-0.1, -0.05) is 11.6 Å². The van der Waals surface area contributed by atoms with Crippen LogP contribution in [0.5, 0.6) is 0 Å². The summed E-state index contributed by atoms with van der Waals surface area (Å²) in [6.45, 7) is 0. The van der Waals surface area contributed by atoms with Crippen molar-refractivity contribution in [1.29, 1.82) is 0 Å². The first-order chi connectivity index (χ1) is 8.58. The Balaban J connectivity index is 1.71. The molecule has 1 heterocycles. The van der Waals surface area contributed by atoms with Crippen molar-refractivity contribution in [2.75, 3.05) is 16.8 Å². The van der Waals surface area contributed by atoms with Crippen molar-refractivity contribution in [2.45, 2.75) is 18.9 Å². The second-order valence-electron chi connectivity index (χ2n) is 5.16. The Bertz CT molecular complexity index is 497. The molecule has 0 amide bonds. The van der Waals surface area contributed by atoms with Gasteiger partial charge in [-0.2, -0.15) is 11.8 Å². The molecule has 96 valence electrons. The van der Waals surface area contributed by atoms with Crippen molar-refractivity contribution in [1.82, 2.24) is 0 Å². The van der Waals surface area contributed by atoms with Crippen LogP contribution in [0.2, 0.25) is 5.02 Å². The molecule has 1 spiro atoms. The number of nitro groups is 1. The van der Waals surface area contributed by atoms with Crippen molar-refractivity contribution in [2.24, 2.45) is 5.41 Å². The van der Waals surface area contributed by atoms with E-state index in [0.29, 0.717) is 22.2 Å². The number of nitro benzene ring substituents is 1. The molecule has 1 saturated carbocycles. The maximum Gasteiger partial charge on any atom is 0.293 e. The van der Waals surface area contributed by atoms with Gasteiger partial charge in [0.2, 0.25) is 0 Å². The minimum Gasteiger partial charge on any atom is -0.377 e. The summed E-state index contributed by atoms with van der Waals surface area (Å²) < 4.78 is 0. The van der Waals surface area contributed by atoms with Crippen LogP contribution in [0, 0.1) is 15.5 Å². The van der Waals surface area contributed by atoms with Crippen LogP contribution in [0.3, 0.4) is 0 Å². The van der Waals surface area contributed by atoms with Gasteiger partial charge in [0.15, 0.2) is 0 Å². The fraction of sp³-hybridized carbons (Fsp3) is 0.500. The molecule has 1 aromatic carbocycles. The first kappa shape index (κ1) is 12.1. The number of thioether (sulfide) groups is 1. The molecule has 18 heavy (non-hydrogen) atoms. The summed E-state index contributed by atoms with van der Waals surface area (Å²) in [4.78, 5) is 10.6. The van der Waals surface area contributed by atoms with Crippen molar-refractivity contribution in [3.63, 3.8) is 0 Å². The van der Waals surface area contributed by atoms with E-state index in [1.54, 1.807) is 12.1 Å². The number of hydrogen-bond donors (Lipinski definition) is 1. The Labute approximate surface area is 114 Å². The highest BCUT2D eigenvalue weighted by Gasteiger charge is 2.49. The summed E-state index contributed by atoms with van der Waals surface area (Å²) >= 11 is 7.77. The number of rotatable bonds is 3. The summed E-state index contributed by atoms with van der Waals surface area (Å²) in [5, 5.41) is 14.6. The predicted molar refractivity (Wildman–Crippen MR) is 74.5 cm³/mol. The van der Waals surface area contributed by atoms with E-state index >= 15 is 0 Å². The van der Waals surface area contributed by atoms with E-state index in [0.717, 1.165) is 12.8 Å². The Kier molecular flexibility index (Phi) is 2.90. The molecule has 1 N–H and O–H groups in total. The number of nitrogens with one attached hydrogen (secondary N) is 1. The van der Waals surface area contributed by atoms with E-state index in [-0.39, 0.29) is 10.6 Å². The van der Waals surface area contributed by atoms with E-state index in [4.69, 9.17) is 11.6 Å². The molecule has 1 aromatic rings. The third-order valence-electron chi connectivity index (χ3n) is 3.69. The molecule has 6 heteroatoms. The normalized spacial score (nSPS) is 21.2. The average molecular weight is 285 g/mol. The van der Waals surface area contributed by atoms with Crippen LogP contribution in [0.25, 0.3) is 0 Å². The fourth-order valence-corrected chi connectivity index (χ4v) is 4.13. The largest absolute Gasteiger partial charge is 0.377 e. The second kappa shape index (κ2) is 4.31. The highest BCUT2D eigenvalue weighted by Crippen LogP contribution is 2.53. The Hall–Kier alpha value is -0.940. The topological polar surface area (TPSA) is 55.2 Å². The fourth-order valence-electron chi connectivity index (χ4n) is 2.71. The van der Waals surface area contributed by atoms with E-state index in [1.165, 1.54) is 17.6 Å². The summed E-state index contributed by atoms with van der Waals surface area (Å²) in [7, 11) is 0. The van der Waals surface area contributed by atoms with Crippen molar-refractivity contribution in [3.8, 4) is 0 Å². The van der Waals surface area contributed by atoms with Crippen LogP contribution in [-0.2, 0) is 0 Å². The zero-order chi connectivity index (χ0) is 12.8. The zero-order valence-electron chi connectivity index (χ0n) is 9.69. The molecule has 1 saturated heterocycles. The number of hydrogen-bond acceptors (Lipinski definition) is 4. The standard InChI is InChI=1S/C12H13ClN2O2S/c13-8-1-2-10(11(3-8)15(16)17)14-9-4-12(5-9)6-18-7-12/h1-3,9,14H,4-7H2. The van der Waals surface area contributed by atoms with Gasteiger partial charge in [-0.15, -0.1) is 0 Å². The molecule has 1 aliphatic carbocycles. The molecule has 0 radical (unpaired) electrons. The first-order valence-corrected chi connectivity index (χ1v) is 7.40. The average Bonchev–Trinajstić information content (AvgIpc) is 2.21. The van der Waals surface area contributed by atoms with E-state index in [1.807, 2.05) is 11.8 Å². The summed E-state index contributed by atoms with van der Waals surface area (Å²) in [6, 6.07) is 5.15. The lowest BCUT2D eigenvalue weighted by atomic mass is 9.67. The van der Waals surface area contributed by atoms with Gasteiger partial charge in [-0.25, -0.2) is 0 Å². The molecule has 4 nitrogen and oxygen atoms in total. The van der Waals surface area contributed by atoms with Gasteiger partial charge < -0.3 is 5.32 Å². The summed E-state index contributed by atoms with van der Waals surface area (Å²) in [5.74, 6) is 2.49. The smallest absolute Gasteiger partial charge is 0.293 e. The molecular formula is C12H13ClN2O2S. The number of anilines is 1. The molecule has 2 fully saturated rings. The van der Waals surface area contributed by atoms with E-state index in [2.05, 4.69) is 5.32 Å². The third-order valence-corrected chi connectivity index (χ3v) is 5.56. The number of nitrogens with zero attached hydrogens (tertiary/aromatic N) is 1. The van der Waals surface area contributed by atoms with Gasteiger partial charge in [0.1, 0.15) is 5.69 Å². The summed E-state index contributed by atoms with van der Waals surface area (Å²) in [5.41, 5.74) is 1.17. The van der Waals surface area contributed by atoms with Gasteiger partial charge in [-0.05, 0) is 41.9 Å². The lowest BCUT2D eigenvalue weighted by Gasteiger charge is -2.53. The van der Waals surface area contributed by atoms with Crippen LogP contribution < -0.4 is 5.32 Å². The van der Waals surface area contributed by atoms with Crippen LogP contribution >= 0.6 is 23.4 Å². The first-order valence-electron chi connectivity index (χ1n) is 5.86. The molecule has 2 aliphatic rings. The van der Waals surface area contributed by atoms with Crippen molar-refractivity contribution >= 4 is 34.7 Å². The van der Waals surface area contributed by atoms with Gasteiger partial charge in [-0.3, -0.25) is 10.1 Å². The van der Waals surface area contributed by atoms with E-state index < -0.39 is 0 Å². The second-order valence-corrected chi connectivity index (χ2v) is 6.58. The van der Waals surface area contributed by atoms with E-state index in [9.17, 15) is 10.1 Å². The van der Waals surface area contributed by atoms with Crippen LogP contribution in [-0.4, -0.2) is 22.5 Å². The number of halogens is 1. The molecule has 0 unspecified atom stereocenters. The van der Waals surface area contributed by atoms with Gasteiger partial charge in [0, 0.05) is 17.1 Å². The lowest BCUT2D eigenvalue weighted by Crippen LogP contribution is -2.52. The van der Waals surface area contributed by atoms with Gasteiger partial charge >= 0.3 is 0 Å². The molecule has 0 bridgehead atoms. The highest BCUT2D eigenvalue weighted by atomic mass is 35.5. The van der Waals surface area contributed by atoms with Crippen LogP contribution in [0.4, 0.5) is 11.4 Å². The van der Waals surface area contributed by atoms with Gasteiger partial charge in [0.25, 0.3) is 5.69 Å². The molecule has 0 atom stereocenters. The maximum atomic E-state index is 11.0. The van der Waals surface area contributed by atoms with Crippen LogP contribution in [0.1, 0.15) is 12.8 Å². The SMILES string of the molecule is O=[N+]([O-])c1cc(Cl)ccc1NC1CC2(CSC2)C1. The molecular weight excluding hydrogens is 272 g/mol. The molecule has 0 aromatic heterocycles. The Morgan fingerprint density at radius 2 is 2.17 bits per heavy atom. The van der Waals surface area contributed by atoms with Gasteiger partial charge in [0.05, 0.1) is 4.92 Å². The monoisotopic (exact) mass is 284 g/mol. The predicted octanol–water partition coefficient (Wildman–Crippen LogP) is 3.56. The summed E-state index contributed by atoms with van der Waals surface area (Å²) in [6.07, 6.45) is 2.25. The quantitative estimate of drug-likeness (QED) is 0.681.